The van der Waals surface area contributed by atoms with E-state index < -0.39 is 49.0 Å². The van der Waals surface area contributed by atoms with Gasteiger partial charge in [-0.3, -0.25) is 4.79 Å². The first-order valence-electron chi connectivity index (χ1n) is 18.4. The van der Waals surface area contributed by atoms with Crippen molar-refractivity contribution in [2.45, 2.75) is 191 Å². The highest BCUT2D eigenvalue weighted by molar-refractivity contribution is 7.80. The molecule has 1 aliphatic heterocycles. The molecule has 274 valence electrons. The maximum atomic E-state index is 12.8. The molecule has 1 saturated heterocycles. The maximum absolute atomic E-state index is 12.8. The number of amides is 1. The summed E-state index contributed by atoms with van der Waals surface area (Å²) in [5, 5.41) is 65.2. The number of aliphatic hydroxyl groups is 6. The lowest BCUT2D eigenvalue weighted by atomic mass is 9.90. The summed E-state index contributed by atoms with van der Waals surface area (Å²) in [5.74, 6) is 0.643. The van der Waals surface area contributed by atoms with Gasteiger partial charge in [0.25, 0.3) is 0 Å². The minimum Gasteiger partial charge on any atom is -0.393 e. The van der Waals surface area contributed by atoms with Crippen molar-refractivity contribution < 1.29 is 44.9 Å². The summed E-state index contributed by atoms with van der Waals surface area (Å²) in [7, 11) is 0. The number of ether oxygens (including phenoxy) is 2. The normalized spacial score (nSPS) is 23.7. The zero-order valence-corrected chi connectivity index (χ0v) is 29.6. The summed E-state index contributed by atoms with van der Waals surface area (Å²) in [5.41, 5.74) is -2.29. The van der Waals surface area contributed by atoms with Crippen molar-refractivity contribution >= 4 is 18.5 Å². The largest absolute Gasteiger partial charge is 0.393 e. The molecule has 0 aromatic rings. The fourth-order valence-electron chi connectivity index (χ4n) is 6.04. The Labute approximate surface area is 284 Å². The zero-order chi connectivity index (χ0) is 34.0. The van der Waals surface area contributed by atoms with Gasteiger partial charge in [-0.2, -0.15) is 12.6 Å². The van der Waals surface area contributed by atoms with Gasteiger partial charge in [0.05, 0.1) is 32.0 Å². The quantitative estimate of drug-likeness (QED) is 0.0401. The van der Waals surface area contributed by atoms with E-state index in [0.717, 1.165) is 57.1 Å². The van der Waals surface area contributed by atoms with Crippen LogP contribution in [0.15, 0.2) is 0 Å². The van der Waals surface area contributed by atoms with E-state index in [2.05, 4.69) is 24.9 Å². The number of thiol groups is 1. The number of carbonyl (C=O) groups excluding carboxylic acids is 1. The Bertz CT molecular complexity index is 736. The van der Waals surface area contributed by atoms with Crippen LogP contribution in [-0.4, -0.2) is 104 Å². The van der Waals surface area contributed by atoms with E-state index in [1.165, 1.54) is 70.6 Å². The van der Waals surface area contributed by atoms with Crippen LogP contribution in [0.3, 0.4) is 0 Å². The Balaban J connectivity index is 2.53. The predicted molar refractivity (Wildman–Crippen MR) is 185 cm³/mol. The Morgan fingerprint density at radius 1 is 0.848 bits per heavy atom. The average Bonchev–Trinajstić information content (AvgIpc) is 3.05. The van der Waals surface area contributed by atoms with Gasteiger partial charge in [0.1, 0.15) is 18.3 Å². The second kappa shape index (κ2) is 27.3. The standard InChI is InChI=1S/C35H69NO9S/c1-2-3-4-5-6-7-8-9-10-13-16-19-22-29(38)32(41)28(25-44-34-35(43,27-37)33(42)30(39)26-45-34)36-31(40)23-20-17-14-11-12-15-18-21-24-46/h28-30,32-34,37-39,41-43,46H,2-27H2,1H3,(H,36,40)/t28-,29+,30+,32-,33-,34-,35+/m0/s1. The van der Waals surface area contributed by atoms with Crippen molar-refractivity contribution in [1.29, 1.82) is 0 Å². The number of nitrogens with one attached hydrogen (secondary N) is 1. The highest BCUT2D eigenvalue weighted by atomic mass is 32.1. The van der Waals surface area contributed by atoms with Gasteiger partial charge in [0.15, 0.2) is 11.9 Å². The van der Waals surface area contributed by atoms with Crippen molar-refractivity contribution in [3.05, 3.63) is 0 Å². The smallest absolute Gasteiger partial charge is 0.220 e. The van der Waals surface area contributed by atoms with Crippen molar-refractivity contribution in [1.82, 2.24) is 5.32 Å². The van der Waals surface area contributed by atoms with Crippen molar-refractivity contribution in [3.63, 3.8) is 0 Å². The molecule has 1 rings (SSSR count). The summed E-state index contributed by atoms with van der Waals surface area (Å²) in [6, 6.07) is -1.01. The van der Waals surface area contributed by atoms with Gasteiger partial charge >= 0.3 is 0 Å². The first kappa shape index (κ1) is 43.5. The van der Waals surface area contributed by atoms with Crippen LogP contribution in [0, 0.1) is 0 Å². The molecule has 0 unspecified atom stereocenters. The molecule has 0 saturated carbocycles. The molecule has 11 heteroatoms. The van der Waals surface area contributed by atoms with E-state index in [0.29, 0.717) is 12.8 Å². The van der Waals surface area contributed by atoms with Gasteiger partial charge in [0, 0.05) is 6.42 Å². The minimum atomic E-state index is -2.29. The molecule has 0 aromatic heterocycles. The molecule has 7 N–H and O–H groups in total. The minimum absolute atomic E-state index is 0.267. The lowest BCUT2D eigenvalue weighted by Crippen LogP contribution is -2.66. The highest BCUT2D eigenvalue weighted by Gasteiger charge is 2.52. The molecule has 0 bridgehead atoms. The summed E-state index contributed by atoms with van der Waals surface area (Å²) in [6.45, 7) is 0.622. The van der Waals surface area contributed by atoms with E-state index >= 15 is 0 Å². The summed E-state index contributed by atoms with van der Waals surface area (Å²) in [4.78, 5) is 12.8. The third-order valence-corrected chi connectivity index (χ3v) is 9.52. The van der Waals surface area contributed by atoms with Crippen molar-refractivity contribution in [3.8, 4) is 0 Å². The van der Waals surface area contributed by atoms with E-state index in [-0.39, 0.29) is 25.5 Å². The van der Waals surface area contributed by atoms with Crippen LogP contribution in [-0.2, 0) is 14.3 Å². The molecule has 1 fully saturated rings. The average molecular weight is 680 g/mol. The number of hydrogen-bond acceptors (Lipinski definition) is 10. The molecule has 7 atom stereocenters. The fourth-order valence-corrected chi connectivity index (χ4v) is 6.27. The van der Waals surface area contributed by atoms with Crippen LogP contribution in [0.4, 0.5) is 0 Å². The first-order valence-corrected chi connectivity index (χ1v) is 19.0. The first-order chi connectivity index (χ1) is 22.2. The molecule has 46 heavy (non-hydrogen) atoms. The second-order valence-electron chi connectivity index (χ2n) is 13.4. The molecule has 0 aliphatic carbocycles. The van der Waals surface area contributed by atoms with Gasteiger partial charge in [-0.1, -0.05) is 122 Å². The molecule has 1 aliphatic rings. The van der Waals surface area contributed by atoms with Crippen LogP contribution in [0.1, 0.15) is 148 Å². The van der Waals surface area contributed by atoms with Crippen LogP contribution in [0.2, 0.25) is 0 Å². The molecule has 0 aromatic carbocycles. The number of rotatable bonds is 30. The maximum Gasteiger partial charge on any atom is 0.220 e. The summed E-state index contributed by atoms with van der Waals surface area (Å²) < 4.78 is 11.0. The molecule has 1 amide bonds. The van der Waals surface area contributed by atoms with Crippen LogP contribution >= 0.6 is 12.6 Å². The Morgan fingerprint density at radius 2 is 1.35 bits per heavy atom. The van der Waals surface area contributed by atoms with Crippen LogP contribution in [0.25, 0.3) is 0 Å². The lowest BCUT2D eigenvalue weighted by Gasteiger charge is -2.44. The second-order valence-corrected chi connectivity index (χ2v) is 13.8. The van der Waals surface area contributed by atoms with E-state index in [1.54, 1.807) is 0 Å². The van der Waals surface area contributed by atoms with E-state index in [1.807, 2.05) is 0 Å². The van der Waals surface area contributed by atoms with Crippen LogP contribution < -0.4 is 5.32 Å². The molecular weight excluding hydrogens is 610 g/mol. The SMILES string of the molecule is CCCCCCCCCCCCCC[C@@H](O)[C@@H](O)[C@H](CO[C@H]1OC[C@@H](O)[C@H](O)[C@]1(O)CO)NC(=O)CCCCCCCCCCS. The van der Waals surface area contributed by atoms with Gasteiger partial charge in [-0.15, -0.1) is 0 Å². The topological polar surface area (TPSA) is 169 Å². The number of aliphatic hydroxyl groups excluding tert-OH is 5. The zero-order valence-electron chi connectivity index (χ0n) is 28.7. The monoisotopic (exact) mass is 679 g/mol. The lowest BCUT2D eigenvalue weighted by molar-refractivity contribution is -0.325. The number of unbranched alkanes of at least 4 members (excludes halogenated alkanes) is 18. The summed E-state index contributed by atoms with van der Waals surface area (Å²) in [6.07, 6.45) is 16.4. The molecular formula is C35H69NO9S. The Morgan fingerprint density at radius 3 is 1.87 bits per heavy atom. The third kappa shape index (κ3) is 18.3. The van der Waals surface area contributed by atoms with E-state index in [9.17, 15) is 35.4 Å². The molecule has 1 heterocycles. The number of carbonyl (C=O) groups is 1. The fraction of sp³-hybridized carbons (Fsp3) is 0.971. The Kier molecular flexibility index (Phi) is 25.9. The van der Waals surface area contributed by atoms with Crippen molar-refractivity contribution in [2.24, 2.45) is 0 Å². The highest BCUT2D eigenvalue weighted by Crippen LogP contribution is 2.27. The van der Waals surface area contributed by atoms with Crippen LogP contribution in [0.5, 0.6) is 0 Å². The van der Waals surface area contributed by atoms with Gasteiger partial charge in [0.2, 0.25) is 5.91 Å². The molecule has 0 spiro atoms. The predicted octanol–water partition coefficient (Wildman–Crippen LogP) is 4.54. The summed E-state index contributed by atoms with van der Waals surface area (Å²) >= 11 is 4.24. The molecule has 0 radical (unpaired) electrons. The van der Waals surface area contributed by atoms with Gasteiger partial charge in [-0.25, -0.2) is 0 Å². The van der Waals surface area contributed by atoms with Crippen molar-refractivity contribution in [2.75, 3.05) is 25.6 Å². The molecule has 10 nitrogen and oxygen atoms in total. The third-order valence-electron chi connectivity index (χ3n) is 9.20. The van der Waals surface area contributed by atoms with Gasteiger partial charge in [-0.05, 0) is 25.0 Å². The number of hydrogen-bond donors (Lipinski definition) is 8. The van der Waals surface area contributed by atoms with Gasteiger partial charge < -0.3 is 45.4 Å². The van der Waals surface area contributed by atoms with E-state index in [4.69, 9.17) is 9.47 Å². The Hall–Kier alpha value is -0.500.